The summed E-state index contributed by atoms with van der Waals surface area (Å²) in [7, 11) is 0. The minimum atomic E-state index is -0.216. The van der Waals surface area contributed by atoms with Gasteiger partial charge in [-0.05, 0) is 54.0 Å². The third kappa shape index (κ3) is 4.80. The molecule has 188 valence electrons. The highest BCUT2D eigenvalue weighted by Crippen LogP contribution is 2.51. The Balaban J connectivity index is 1.30. The lowest BCUT2D eigenvalue weighted by Gasteiger charge is -2.42. The molecule has 1 aromatic carbocycles. The number of anilines is 2. The number of hydrogen-bond acceptors (Lipinski definition) is 10. The van der Waals surface area contributed by atoms with E-state index in [1.807, 2.05) is 6.07 Å². The second-order valence-corrected chi connectivity index (χ2v) is 11.9. The third-order valence-corrected chi connectivity index (χ3v) is 9.27. The average Bonchev–Trinajstić information content (AvgIpc) is 3.13. The maximum Gasteiger partial charge on any atom is 0.190 e. The molecule has 5 rings (SSSR count). The topological polar surface area (TPSA) is 131 Å². The van der Waals surface area contributed by atoms with Crippen LogP contribution >= 0.6 is 35.1 Å². The molecule has 0 bridgehead atoms. The van der Waals surface area contributed by atoms with E-state index in [4.69, 9.17) is 23.1 Å². The predicted molar refractivity (Wildman–Crippen MR) is 143 cm³/mol. The van der Waals surface area contributed by atoms with Crippen molar-refractivity contribution in [2.24, 2.45) is 11.1 Å². The van der Waals surface area contributed by atoms with Crippen molar-refractivity contribution >= 4 is 51.9 Å². The minimum Gasteiger partial charge on any atom is -0.390 e. The van der Waals surface area contributed by atoms with Gasteiger partial charge in [0.05, 0.1) is 17.8 Å². The van der Waals surface area contributed by atoms with Gasteiger partial charge in [-0.25, -0.2) is 15.0 Å². The van der Waals surface area contributed by atoms with Gasteiger partial charge in [0.15, 0.2) is 10.9 Å². The lowest BCUT2D eigenvalue weighted by Crippen LogP contribution is -2.45. The maximum atomic E-state index is 11.5. The van der Waals surface area contributed by atoms with Gasteiger partial charge in [-0.1, -0.05) is 41.2 Å². The van der Waals surface area contributed by atoms with Crippen LogP contribution in [0, 0.1) is 5.41 Å². The van der Waals surface area contributed by atoms with Crippen molar-refractivity contribution in [1.29, 1.82) is 0 Å². The number of aliphatic hydroxyl groups is 1. The third-order valence-electron chi connectivity index (χ3n) is 7.02. The Morgan fingerprint density at radius 2 is 2.06 bits per heavy atom. The largest absolute Gasteiger partial charge is 0.390 e. The lowest BCUT2D eigenvalue weighted by molar-refractivity contribution is -0.109. The number of hydrogen-bond donors (Lipinski definition) is 3. The molecule has 1 aliphatic heterocycles. The van der Waals surface area contributed by atoms with E-state index in [1.165, 1.54) is 29.1 Å². The van der Waals surface area contributed by atoms with E-state index in [9.17, 15) is 9.90 Å². The van der Waals surface area contributed by atoms with Gasteiger partial charge in [0.25, 0.3) is 0 Å². The van der Waals surface area contributed by atoms with Crippen molar-refractivity contribution in [3.05, 3.63) is 58.5 Å². The fourth-order valence-electron chi connectivity index (χ4n) is 5.18. The Morgan fingerprint density at radius 1 is 1.28 bits per heavy atom. The molecule has 0 amide bonds. The first-order chi connectivity index (χ1) is 17.3. The van der Waals surface area contributed by atoms with Gasteiger partial charge in [-0.15, -0.1) is 0 Å². The van der Waals surface area contributed by atoms with Gasteiger partial charge in [0.2, 0.25) is 0 Å². The molecule has 8 nitrogen and oxygen atoms in total. The second-order valence-electron chi connectivity index (χ2n) is 9.21. The van der Waals surface area contributed by atoms with Gasteiger partial charge in [0, 0.05) is 42.0 Å². The number of rotatable bonds is 5. The molecule has 36 heavy (non-hydrogen) atoms. The first kappa shape index (κ1) is 25.3. The average molecular weight is 543 g/mol. The summed E-state index contributed by atoms with van der Waals surface area (Å²) in [5.74, 6) is 0.957. The van der Waals surface area contributed by atoms with Gasteiger partial charge in [0.1, 0.15) is 16.5 Å². The minimum absolute atomic E-state index is 0.0149. The van der Waals surface area contributed by atoms with Gasteiger partial charge < -0.3 is 21.5 Å². The first-order valence-corrected chi connectivity index (χ1v) is 13.7. The zero-order valence-electron chi connectivity index (χ0n) is 19.8. The number of pyridine rings is 1. The number of nitrogens with zero attached hydrogens (tertiary/aromatic N) is 4. The normalized spacial score (nSPS) is 18.4. The van der Waals surface area contributed by atoms with Crippen LogP contribution in [0.4, 0.5) is 11.6 Å². The number of carbonyl (C=O) groups is 1. The van der Waals surface area contributed by atoms with Crippen LogP contribution in [0.15, 0.2) is 51.5 Å². The summed E-state index contributed by atoms with van der Waals surface area (Å²) in [4.78, 5) is 28.7. The second kappa shape index (κ2) is 10.2. The smallest absolute Gasteiger partial charge is 0.190 e. The molecular formula is C25H27ClN6O2S2. The number of halogens is 1. The van der Waals surface area contributed by atoms with Crippen molar-refractivity contribution in [1.82, 2.24) is 15.0 Å². The summed E-state index contributed by atoms with van der Waals surface area (Å²) < 4.78 is 0. The Labute approximate surface area is 223 Å². The molecule has 1 saturated heterocycles. The number of aliphatic hydroxyl groups excluding tert-OH is 1. The van der Waals surface area contributed by atoms with E-state index in [0.29, 0.717) is 21.6 Å². The number of benzene rings is 1. The summed E-state index contributed by atoms with van der Waals surface area (Å²) in [6, 6.07) is 7.92. The maximum absolute atomic E-state index is 11.5. The van der Waals surface area contributed by atoms with Crippen LogP contribution in [0.1, 0.15) is 42.6 Å². The quantitative estimate of drug-likeness (QED) is 0.402. The molecule has 0 unspecified atom stereocenters. The van der Waals surface area contributed by atoms with E-state index >= 15 is 0 Å². The number of aromatic nitrogens is 3. The van der Waals surface area contributed by atoms with Crippen LogP contribution in [0.5, 0.6) is 0 Å². The predicted octanol–water partition coefficient (Wildman–Crippen LogP) is 4.23. The molecule has 5 N–H and O–H groups in total. The Hall–Kier alpha value is -2.37. The van der Waals surface area contributed by atoms with Crippen LogP contribution in [0.2, 0.25) is 5.02 Å². The van der Waals surface area contributed by atoms with Crippen molar-refractivity contribution in [3.63, 3.8) is 0 Å². The monoisotopic (exact) mass is 542 g/mol. The molecule has 1 aliphatic carbocycles. The van der Waals surface area contributed by atoms with Gasteiger partial charge >= 0.3 is 0 Å². The van der Waals surface area contributed by atoms with Crippen molar-refractivity contribution in [2.45, 2.75) is 53.7 Å². The molecule has 3 heterocycles. The fourth-order valence-corrected chi connectivity index (χ4v) is 6.87. The number of nitrogen functional groups attached to an aromatic ring is 1. The fraction of sp³-hybridized carbons (Fsp3) is 0.360. The van der Waals surface area contributed by atoms with Crippen LogP contribution in [0.25, 0.3) is 0 Å². The number of fused-ring (bicyclic) bond motifs is 1. The Kier molecular flexibility index (Phi) is 7.15. The number of thioether (sulfide) groups is 1. The first-order valence-electron chi connectivity index (χ1n) is 11.7. The molecule has 2 aromatic heterocycles. The van der Waals surface area contributed by atoms with E-state index < -0.39 is 0 Å². The molecule has 2 aliphatic rings. The van der Waals surface area contributed by atoms with Crippen molar-refractivity contribution in [3.8, 4) is 0 Å². The molecule has 3 aromatic rings. The molecule has 0 saturated carbocycles. The van der Waals surface area contributed by atoms with Crippen molar-refractivity contribution < 1.29 is 9.90 Å². The Morgan fingerprint density at radius 3 is 2.78 bits per heavy atom. The van der Waals surface area contributed by atoms with Crippen LogP contribution in [-0.4, -0.2) is 38.3 Å². The zero-order chi connectivity index (χ0) is 25.4. The zero-order valence-corrected chi connectivity index (χ0v) is 22.2. The summed E-state index contributed by atoms with van der Waals surface area (Å²) in [6.45, 7) is 2.91. The lowest BCUT2D eigenvalue weighted by atomic mass is 9.73. The van der Waals surface area contributed by atoms with Crippen molar-refractivity contribution in [2.75, 3.05) is 23.7 Å². The molecule has 0 radical (unpaired) electrons. The van der Waals surface area contributed by atoms with Gasteiger partial charge in [-0.3, -0.25) is 4.79 Å². The van der Waals surface area contributed by atoms with E-state index in [-0.39, 0.29) is 29.0 Å². The molecule has 11 heteroatoms. The van der Waals surface area contributed by atoms with Gasteiger partial charge in [-0.2, -0.15) is 0 Å². The summed E-state index contributed by atoms with van der Waals surface area (Å²) in [5.41, 5.74) is 15.5. The van der Waals surface area contributed by atoms with Crippen LogP contribution in [-0.2, 0) is 17.8 Å². The SMILES string of the molecule is CC(=O)Sc1ccc2c(c1)[C@@H](N)C1(CCN(c3ncc(Sc4ccnc(N)c4Cl)nc3CO)CC1)C2. The summed E-state index contributed by atoms with van der Waals surface area (Å²) >= 11 is 8.84. The molecular weight excluding hydrogens is 516 g/mol. The molecule has 1 spiro atoms. The van der Waals surface area contributed by atoms with E-state index in [0.717, 1.165) is 47.7 Å². The van der Waals surface area contributed by atoms with Crippen LogP contribution < -0.4 is 16.4 Å². The highest BCUT2D eigenvalue weighted by atomic mass is 35.5. The van der Waals surface area contributed by atoms with E-state index in [2.05, 4.69) is 32.0 Å². The highest BCUT2D eigenvalue weighted by Gasteiger charge is 2.46. The highest BCUT2D eigenvalue weighted by molar-refractivity contribution is 8.13. The number of carbonyl (C=O) groups excluding carboxylic acids is 1. The number of piperidine rings is 1. The van der Waals surface area contributed by atoms with E-state index in [1.54, 1.807) is 25.4 Å². The molecule has 1 fully saturated rings. The summed E-state index contributed by atoms with van der Waals surface area (Å²) in [6.07, 6.45) is 6.05. The molecule has 1 atom stereocenters. The standard InChI is InChI=1S/C25H27ClN6O2S2/c1-14(34)35-16-3-2-15-11-25(22(27)17(15)10-16)5-8-32(9-6-25)24-18(13-33)31-20(12-30-24)36-19-4-7-29-23(28)21(19)26/h2-4,7,10,12,22,33H,5-6,8-9,11,13,27H2,1H3,(H2,28,29)/t22-/m1/s1. The Bertz CT molecular complexity index is 1320. The summed E-state index contributed by atoms with van der Waals surface area (Å²) in [5, 5.41) is 11.1. The number of nitrogens with two attached hydrogens (primary N) is 2. The van der Waals surface area contributed by atoms with Crippen LogP contribution in [0.3, 0.4) is 0 Å².